The summed E-state index contributed by atoms with van der Waals surface area (Å²) >= 11 is 0. The molecule has 1 amide bonds. The molecule has 1 atom stereocenters. The van der Waals surface area contributed by atoms with E-state index in [0.29, 0.717) is 0 Å². The highest BCUT2D eigenvalue weighted by Crippen LogP contribution is 2.61. The second-order valence-electron chi connectivity index (χ2n) is 8.85. The molecular weight excluding hydrogens is 346 g/mol. The van der Waals surface area contributed by atoms with Crippen molar-refractivity contribution >= 4 is 11.9 Å². The van der Waals surface area contributed by atoms with E-state index in [1.165, 1.54) is 50.7 Å². The number of rotatable bonds is 5. The van der Waals surface area contributed by atoms with E-state index in [1.54, 1.807) is 0 Å². The fraction of sp³-hybridized carbons (Fsp3) is 0.619. The van der Waals surface area contributed by atoms with Crippen LogP contribution in [0, 0.1) is 23.2 Å². The van der Waals surface area contributed by atoms with Crippen LogP contribution in [-0.2, 0) is 9.53 Å². The van der Waals surface area contributed by atoms with E-state index in [0.717, 1.165) is 23.8 Å². The van der Waals surface area contributed by atoms with E-state index in [1.807, 2.05) is 0 Å². The number of carbonyl (C=O) groups excluding carboxylic acids is 2. The number of carbonyl (C=O) groups is 2. The normalized spacial score (nSPS) is 32.1. The van der Waals surface area contributed by atoms with Crippen molar-refractivity contribution in [2.75, 3.05) is 6.61 Å². The molecule has 4 bridgehead atoms. The van der Waals surface area contributed by atoms with Crippen molar-refractivity contribution < 1.29 is 24.5 Å². The van der Waals surface area contributed by atoms with Crippen LogP contribution in [0.5, 0.6) is 11.5 Å². The molecule has 4 aliphatic rings. The van der Waals surface area contributed by atoms with Gasteiger partial charge in [-0.05, 0) is 80.8 Å². The van der Waals surface area contributed by atoms with Gasteiger partial charge in [-0.25, -0.2) is 4.79 Å². The Kier molecular flexibility index (Phi) is 4.52. The number of ether oxygens (including phenoxy) is 1. The number of phenolic OH excluding ortho intramolecular Hbond substituents is 2. The van der Waals surface area contributed by atoms with Crippen molar-refractivity contribution in [2.45, 2.75) is 51.5 Å². The maximum Gasteiger partial charge on any atom is 0.342 e. The van der Waals surface area contributed by atoms with E-state index in [9.17, 15) is 19.8 Å². The van der Waals surface area contributed by atoms with Crippen LogP contribution in [0.3, 0.4) is 0 Å². The summed E-state index contributed by atoms with van der Waals surface area (Å²) in [5.74, 6) is 0.811. The average Bonchev–Trinajstić information content (AvgIpc) is 2.58. The van der Waals surface area contributed by atoms with Crippen LogP contribution in [0.25, 0.3) is 0 Å². The van der Waals surface area contributed by atoms with Crippen molar-refractivity contribution in [3.8, 4) is 11.5 Å². The zero-order valence-corrected chi connectivity index (χ0v) is 15.6. The van der Waals surface area contributed by atoms with Gasteiger partial charge in [0.1, 0.15) is 17.1 Å². The van der Waals surface area contributed by atoms with Crippen molar-refractivity contribution in [1.29, 1.82) is 0 Å². The Labute approximate surface area is 158 Å². The molecule has 0 spiro atoms. The zero-order valence-electron chi connectivity index (χ0n) is 15.6. The fourth-order valence-electron chi connectivity index (χ4n) is 6.05. The van der Waals surface area contributed by atoms with Crippen molar-refractivity contribution in [1.82, 2.24) is 5.32 Å². The van der Waals surface area contributed by atoms with Crippen LogP contribution < -0.4 is 5.32 Å². The molecule has 27 heavy (non-hydrogen) atoms. The number of amides is 1. The maximum absolute atomic E-state index is 12.3. The number of esters is 1. The smallest absolute Gasteiger partial charge is 0.342 e. The van der Waals surface area contributed by atoms with Gasteiger partial charge in [0.15, 0.2) is 6.61 Å². The first-order valence-corrected chi connectivity index (χ1v) is 9.83. The Balaban J connectivity index is 1.32. The molecule has 4 fully saturated rings. The van der Waals surface area contributed by atoms with Crippen LogP contribution in [0.15, 0.2) is 18.2 Å². The zero-order chi connectivity index (χ0) is 19.2. The summed E-state index contributed by atoms with van der Waals surface area (Å²) in [7, 11) is 0. The van der Waals surface area contributed by atoms with Crippen LogP contribution >= 0.6 is 0 Å². The summed E-state index contributed by atoms with van der Waals surface area (Å²) in [4.78, 5) is 24.4. The lowest BCUT2D eigenvalue weighted by Crippen LogP contribution is -2.56. The highest BCUT2D eigenvalue weighted by molar-refractivity contribution is 5.94. The average molecular weight is 373 g/mol. The molecule has 1 aromatic rings. The first kappa shape index (κ1) is 18.1. The number of nitrogens with one attached hydrogen (secondary N) is 1. The maximum atomic E-state index is 12.3. The lowest BCUT2D eigenvalue weighted by atomic mass is 9.48. The molecule has 6 nitrogen and oxygen atoms in total. The van der Waals surface area contributed by atoms with Gasteiger partial charge < -0.3 is 20.3 Å². The summed E-state index contributed by atoms with van der Waals surface area (Å²) in [6.45, 7) is 1.70. The SMILES string of the molecule is C[C@@H](NC(=O)COC(=O)c1ccc(O)cc1O)C12CC3CC(CC(C3)C1)C2. The summed E-state index contributed by atoms with van der Waals surface area (Å²) in [5, 5.41) is 22.0. The lowest BCUT2D eigenvalue weighted by Gasteiger charge is -2.59. The van der Waals surface area contributed by atoms with Gasteiger partial charge in [0, 0.05) is 12.1 Å². The van der Waals surface area contributed by atoms with Crippen LogP contribution in [0.1, 0.15) is 55.8 Å². The van der Waals surface area contributed by atoms with E-state index in [2.05, 4.69) is 12.2 Å². The van der Waals surface area contributed by atoms with Crippen LogP contribution in [-0.4, -0.2) is 34.7 Å². The standard InChI is InChI=1S/C21H27NO5/c1-12(21-8-13-4-14(9-21)6-15(5-13)10-21)22-19(25)11-27-20(26)17-3-2-16(23)7-18(17)24/h2-3,7,12-15,23-24H,4-6,8-11H2,1H3,(H,22,25)/t12-,13?,14?,15?,21?/m1/s1. The van der Waals surface area contributed by atoms with Gasteiger partial charge >= 0.3 is 5.97 Å². The van der Waals surface area contributed by atoms with Gasteiger partial charge in [-0.3, -0.25) is 4.79 Å². The molecule has 0 radical (unpaired) electrons. The third kappa shape index (κ3) is 3.49. The minimum absolute atomic E-state index is 0.0687. The molecule has 0 aliphatic heterocycles. The lowest BCUT2D eigenvalue weighted by molar-refractivity contribution is -0.128. The van der Waals surface area contributed by atoms with E-state index in [-0.39, 0.29) is 41.0 Å². The Morgan fingerprint density at radius 2 is 1.74 bits per heavy atom. The largest absolute Gasteiger partial charge is 0.508 e. The second-order valence-corrected chi connectivity index (χ2v) is 8.85. The Morgan fingerprint density at radius 3 is 2.30 bits per heavy atom. The third-order valence-corrected chi connectivity index (χ3v) is 6.92. The molecule has 1 aromatic carbocycles. The molecule has 4 saturated carbocycles. The number of benzene rings is 1. The minimum atomic E-state index is -0.787. The Hall–Kier alpha value is -2.24. The molecule has 6 heteroatoms. The van der Waals surface area contributed by atoms with Gasteiger partial charge in [-0.2, -0.15) is 0 Å². The summed E-state index contributed by atoms with van der Waals surface area (Å²) < 4.78 is 5.04. The van der Waals surface area contributed by atoms with Gasteiger partial charge in [0.05, 0.1) is 0 Å². The Bertz CT molecular complexity index is 724. The van der Waals surface area contributed by atoms with Gasteiger partial charge in [0.25, 0.3) is 5.91 Å². The predicted molar refractivity (Wildman–Crippen MR) is 98.3 cm³/mol. The van der Waals surface area contributed by atoms with Crippen LogP contribution in [0.4, 0.5) is 0 Å². The number of hydrogen-bond acceptors (Lipinski definition) is 5. The molecule has 146 valence electrons. The number of aromatic hydroxyl groups is 2. The molecular formula is C21H27NO5. The first-order valence-electron chi connectivity index (χ1n) is 9.83. The summed E-state index contributed by atoms with van der Waals surface area (Å²) in [5.41, 5.74) is 0.124. The second kappa shape index (κ2) is 6.73. The molecule has 3 N–H and O–H groups in total. The first-order chi connectivity index (χ1) is 12.8. The Morgan fingerprint density at radius 1 is 1.15 bits per heavy atom. The summed E-state index contributed by atoms with van der Waals surface area (Å²) in [6.07, 6.45) is 7.65. The van der Waals surface area contributed by atoms with Crippen molar-refractivity contribution in [3.63, 3.8) is 0 Å². The van der Waals surface area contributed by atoms with Gasteiger partial charge in [-0.1, -0.05) is 0 Å². The van der Waals surface area contributed by atoms with Gasteiger partial charge in [-0.15, -0.1) is 0 Å². The highest BCUT2D eigenvalue weighted by atomic mass is 16.5. The van der Waals surface area contributed by atoms with Crippen molar-refractivity contribution in [2.24, 2.45) is 23.2 Å². The summed E-state index contributed by atoms with van der Waals surface area (Å²) in [6, 6.07) is 3.68. The third-order valence-electron chi connectivity index (χ3n) is 6.92. The highest BCUT2D eigenvalue weighted by Gasteiger charge is 2.53. The predicted octanol–water partition coefficient (Wildman–Crippen LogP) is 2.98. The molecule has 0 heterocycles. The van der Waals surface area contributed by atoms with E-state index in [4.69, 9.17) is 4.74 Å². The quantitative estimate of drug-likeness (QED) is 0.690. The minimum Gasteiger partial charge on any atom is -0.508 e. The molecule has 0 unspecified atom stereocenters. The molecule has 0 aromatic heterocycles. The van der Waals surface area contributed by atoms with E-state index < -0.39 is 5.97 Å². The van der Waals surface area contributed by atoms with Crippen LogP contribution in [0.2, 0.25) is 0 Å². The van der Waals surface area contributed by atoms with Crippen molar-refractivity contribution in [3.05, 3.63) is 23.8 Å². The molecule has 0 saturated heterocycles. The van der Waals surface area contributed by atoms with E-state index >= 15 is 0 Å². The number of phenols is 2. The topological polar surface area (TPSA) is 95.9 Å². The molecule has 4 aliphatic carbocycles. The number of hydrogen-bond donors (Lipinski definition) is 3. The van der Waals surface area contributed by atoms with Gasteiger partial charge in [0.2, 0.25) is 0 Å². The molecule has 5 rings (SSSR count). The fourth-order valence-corrected chi connectivity index (χ4v) is 6.05. The monoisotopic (exact) mass is 373 g/mol.